The van der Waals surface area contributed by atoms with Gasteiger partial charge >= 0.3 is 0 Å². The van der Waals surface area contributed by atoms with E-state index in [1.165, 1.54) is 0 Å². The van der Waals surface area contributed by atoms with Crippen LogP contribution in [-0.4, -0.2) is 12.5 Å². The smallest absolute Gasteiger partial charge is 0.262 e. The fraction of sp³-hybridized carbons (Fsp3) is 0.0714. The molecule has 0 saturated carbocycles. The topological polar surface area (TPSA) is 64.3 Å². The monoisotopic (exact) mass is 276 g/mol. The molecule has 0 bridgehead atoms. The number of rotatable bonds is 4. The van der Waals surface area contributed by atoms with Crippen LogP contribution in [0, 0.1) is 0 Å². The number of carbonyl (C=O) groups is 1. The maximum Gasteiger partial charge on any atom is 0.262 e. The minimum absolute atomic E-state index is 0.0873. The summed E-state index contributed by atoms with van der Waals surface area (Å²) < 4.78 is 5.33. The maximum atomic E-state index is 11.7. The minimum atomic E-state index is -0.260. The normalized spacial score (nSPS) is 9.95. The Balaban J connectivity index is 1.88. The number of benzene rings is 2. The van der Waals surface area contributed by atoms with Crippen molar-refractivity contribution in [2.24, 2.45) is 0 Å². The highest BCUT2D eigenvalue weighted by Gasteiger charge is 2.04. The van der Waals surface area contributed by atoms with Crippen LogP contribution in [0.25, 0.3) is 0 Å². The van der Waals surface area contributed by atoms with E-state index in [2.05, 4.69) is 5.32 Å². The summed E-state index contributed by atoms with van der Waals surface area (Å²) in [5.74, 6) is 0.297. The average molecular weight is 277 g/mol. The first kappa shape index (κ1) is 13.2. The van der Waals surface area contributed by atoms with Crippen LogP contribution in [0.2, 0.25) is 5.02 Å². The highest BCUT2D eigenvalue weighted by Crippen LogP contribution is 2.16. The molecule has 0 atom stereocenters. The molecular weight excluding hydrogens is 264 g/mol. The molecule has 5 heteroatoms. The van der Waals surface area contributed by atoms with E-state index < -0.39 is 0 Å². The molecule has 0 spiro atoms. The minimum Gasteiger partial charge on any atom is -0.484 e. The number of hydrogen-bond donors (Lipinski definition) is 2. The third-order valence-corrected chi connectivity index (χ3v) is 2.57. The molecule has 2 aromatic rings. The molecule has 0 radical (unpaired) electrons. The lowest BCUT2D eigenvalue weighted by Gasteiger charge is -2.08. The van der Waals surface area contributed by atoms with Gasteiger partial charge in [-0.2, -0.15) is 0 Å². The van der Waals surface area contributed by atoms with E-state index in [1.807, 2.05) is 0 Å². The van der Waals surface area contributed by atoms with Gasteiger partial charge in [0.2, 0.25) is 0 Å². The van der Waals surface area contributed by atoms with Gasteiger partial charge in [-0.25, -0.2) is 0 Å². The van der Waals surface area contributed by atoms with Gasteiger partial charge in [-0.1, -0.05) is 23.7 Å². The third-order valence-electron chi connectivity index (χ3n) is 2.34. The summed E-state index contributed by atoms with van der Waals surface area (Å²) in [5, 5.41) is 3.25. The molecule has 2 rings (SSSR count). The van der Waals surface area contributed by atoms with E-state index in [1.54, 1.807) is 48.5 Å². The summed E-state index contributed by atoms with van der Waals surface area (Å²) >= 11 is 5.82. The predicted molar refractivity (Wildman–Crippen MR) is 76.4 cm³/mol. The van der Waals surface area contributed by atoms with Crippen LogP contribution in [0.15, 0.2) is 48.5 Å². The molecule has 2 aromatic carbocycles. The molecule has 3 N–H and O–H groups in total. The number of nitrogens with two attached hydrogens (primary N) is 1. The molecular formula is C14H13ClN2O2. The van der Waals surface area contributed by atoms with Crippen molar-refractivity contribution >= 4 is 28.9 Å². The fourth-order valence-electron chi connectivity index (χ4n) is 1.52. The molecule has 0 heterocycles. The Bertz CT molecular complexity index is 587. The lowest BCUT2D eigenvalue weighted by molar-refractivity contribution is -0.118. The van der Waals surface area contributed by atoms with Crippen LogP contribution < -0.4 is 15.8 Å². The van der Waals surface area contributed by atoms with Crippen molar-refractivity contribution in [2.45, 2.75) is 0 Å². The summed E-state index contributed by atoms with van der Waals surface area (Å²) in [6.07, 6.45) is 0. The van der Waals surface area contributed by atoms with Crippen molar-refractivity contribution in [3.8, 4) is 5.75 Å². The van der Waals surface area contributed by atoms with Crippen LogP contribution in [-0.2, 0) is 4.79 Å². The molecule has 1 amide bonds. The predicted octanol–water partition coefficient (Wildman–Crippen LogP) is 2.94. The number of ether oxygens (including phenoxy) is 1. The van der Waals surface area contributed by atoms with Gasteiger partial charge in [0, 0.05) is 22.5 Å². The van der Waals surface area contributed by atoms with E-state index in [0.717, 1.165) is 0 Å². The number of nitrogen functional groups attached to an aromatic ring is 1. The van der Waals surface area contributed by atoms with Crippen molar-refractivity contribution in [1.29, 1.82) is 0 Å². The number of nitrogens with one attached hydrogen (secondary N) is 1. The molecule has 19 heavy (non-hydrogen) atoms. The Morgan fingerprint density at radius 2 is 2.00 bits per heavy atom. The third kappa shape index (κ3) is 4.19. The quantitative estimate of drug-likeness (QED) is 0.844. The van der Waals surface area contributed by atoms with E-state index >= 15 is 0 Å². The van der Waals surface area contributed by atoms with Gasteiger partial charge in [0.1, 0.15) is 5.75 Å². The number of halogens is 1. The molecule has 0 aliphatic carbocycles. The first-order chi connectivity index (χ1) is 9.13. The number of hydrogen-bond acceptors (Lipinski definition) is 3. The molecule has 0 fully saturated rings. The summed E-state index contributed by atoms with van der Waals surface area (Å²) in [6.45, 7) is -0.0873. The molecule has 98 valence electrons. The second-order valence-corrected chi connectivity index (χ2v) is 4.36. The molecule has 4 nitrogen and oxygen atoms in total. The lowest BCUT2D eigenvalue weighted by atomic mass is 10.3. The van der Waals surface area contributed by atoms with Gasteiger partial charge in [-0.05, 0) is 30.3 Å². The summed E-state index contributed by atoms with van der Waals surface area (Å²) in [6, 6.07) is 13.8. The average Bonchev–Trinajstić information content (AvgIpc) is 2.36. The van der Waals surface area contributed by atoms with Gasteiger partial charge in [0.05, 0.1) is 0 Å². The van der Waals surface area contributed by atoms with Crippen molar-refractivity contribution in [1.82, 2.24) is 0 Å². The van der Waals surface area contributed by atoms with E-state index in [4.69, 9.17) is 22.1 Å². The molecule has 0 unspecified atom stereocenters. The van der Waals surface area contributed by atoms with Crippen LogP contribution in [0.4, 0.5) is 11.4 Å². The molecule has 0 saturated heterocycles. The SMILES string of the molecule is Nc1cccc(OCC(=O)Nc2cccc(Cl)c2)c1. The Morgan fingerprint density at radius 1 is 1.21 bits per heavy atom. The highest BCUT2D eigenvalue weighted by molar-refractivity contribution is 6.30. The van der Waals surface area contributed by atoms with E-state index in [9.17, 15) is 4.79 Å². The van der Waals surface area contributed by atoms with Gasteiger partial charge in [0.15, 0.2) is 6.61 Å². The zero-order valence-corrected chi connectivity index (χ0v) is 10.9. The van der Waals surface area contributed by atoms with Gasteiger partial charge in [0.25, 0.3) is 5.91 Å². The van der Waals surface area contributed by atoms with Crippen molar-refractivity contribution in [2.75, 3.05) is 17.7 Å². The highest BCUT2D eigenvalue weighted by atomic mass is 35.5. The fourth-order valence-corrected chi connectivity index (χ4v) is 1.71. The maximum absolute atomic E-state index is 11.7. The Labute approximate surface area is 116 Å². The second-order valence-electron chi connectivity index (χ2n) is 3.92. The first-order valence-electron chi connectivity index (χ1n) is 5.67. The summed E-state index contributed by atoms with van der Waals surface area (Å²) in [7, 11) is 0. The van der Waals surface area contributed by atoms with Crippen LogP contribution in [0.3, 0.4) is 0 Å². The van der Waals surface area contributed by atoms with Gasteiger partial charge in [-0.3, -0.25) is 4.79 Å². The number of amides is 1. The zero-order valence-electron chi connectivity index (χ0n) is 10.1. The van der Waals surface area contributed by atoms with Crippen LogP contribution in [0.1, 0.15) is 0 Å². The summed E-state index contributed by atoms with van der Waals surface area (Å²) in [5.41, 5.74) is 6.83. The molecule has 0 aliphatic rings. The van der Waals surface area contributed by atoms with Gasteiger partial charge < -0.3 is 15.8 Å². The first-order valence-corrected chi connectivity index (χ1v) is 6.05. The molecule has 0 aliphatic heterocycles. The second kappa shape index (κ2) is 6.11. The Kier molecular flexibility index (Phi) is 4.26. The lowest BCUT2D eigenvalue weighted by Crippen LogP contribution is -2.20. The van der Waals surface area contributed by atoms with E-state index in [-0.39, 0.29) is 12.5 Å². The zero-order chi connectivity index (χ0) is 13.7. The van der Waals surface area contributed by atoms with Crippen LogP contribution in [0.5, 0.6) is 5.75 Å². The Hall–Kier alpha value is -2.20. The molecule has 0 aromatic heterocycles. The van der Waals surface area contributed by atoms with Crippen molar-refractivity contribution in [3.63, 3.8) is 0 Å². The summed E-state index contributed by atoms with van der Waals surface area (Å²) in [4.78, 5) is 11.7. The van der Waals surface area contributed by atoms with Crippen molar-refractivity contribution in [3.05, 3.63) is 53.6 Å². The number of carbonyl (C=O) groups excluding carboxylic acids is 1. The van der Waals surface area contributed by atoms with Crippen molar-refractivity contribution < 1.29 is 9.53 Å². The largest absolute Gasteiger partial charge is 0.484 e. The standard InChI is InChI=1S/C14H13ClN2O2/c15-10-3-1-5-12(7-10)17-14(18)9-19-13-6-2-4-11(16)8-13/h1-8H,9,16H2,(H,17,18). The number of anilines is 2. The van der Waals surface area contributed by atoms with Crippen LogP contribution >= 0.6 is 11.6 Å². The van der Waals surface area contributed by atoms with E-state index in [0.29, 0.717) is 22.1 Å². The Morgan fingerprint density at radius 3 is 2.74 bits per heavy atom. The van der Waals surface area contributed by atoms with Gasteiger partial charge in [-0.15, -0.1) is 0 Å².